The summed E-state index contributed by atoms with van der Waals surface area (Å²) in [5.74, 6) is 1.83. The van der Waals surface area contributed by atoms with Crippen molar-refractivity contribution < 1.29 is 0 Å². The number of allylic oxidation sites excluding steroid dienone is 1. The predicted octanol–water partition coefficient (Wildman–Crippen LogP) is 2.72. The molecule has 0 amide bonds. The van der Waals surface area contributed by atoms with Gasteiger partial charge in [-0.3, -0.25) is 0 Å². The van der Waals surface area contributed by atoms with E-state index in [0.717, 1.165) is 18.4 Å². The third-order valence-corrected chi connectivity index (χ3v) is 5.32. The standard InChI is InChI=1S/C13H21N/c1-12(2)9-3-4-10(11(12)7-9)13(8-14)5-6-13/h4,9,11H,3,5-8,14H2,1-2H3. The molecule has 0 aromatic rings. The number of nitrogens with two attached hydrogens (primary N) is 1. The normalized spacial score (nSPS) is 41.2. The highest BCUT2D eigenvalue weighted by Gasteiger charge is 2.58. The lowest BCUT2D eigenvalue weighted by Gasteiger charge is -2.58. The maximum absolute atomic E-state index is 5.93. The first-order valence-corrected chi connectivity index (χ1v) is 6.01. The quantitative estimate of drug-likeness (QED) is 0.667. The number of hydrogen-bond acceptors (Lipinski definition) is 1. The van der Waals surface area contributed by atoms with Crippen molar-refractivity contribution >= 4 is 0 Å². The molecule has 0 aromatic heterocycles. The second-order valence-electron chi connectivity index (χ2n) is 6.19. The van der Waals surface area contributed by atoms with Crippen LogP contribution in [-0.2, 0) is 0 Å². The van der Waals surface area contributed by atoms with E-state index in [1.165, 1.54) is 25.7 Å². The predicted molar refractivity (Wildman–Crippen MR) is 58.8 cm³/mol. The van der Waals surface area contributed by atoms with Crippen LogP contribution in [0.3, 0.4) is 0 Å². The molecule has 0 saturated heterocycles. The molecule has 4 rings (SSSR count). The van der Waals surface area contributed by atoms with Crippen molar-refractivity contribution in [2.24, 2.45) is 28.4 Å². The van der Waals surface area contributed by atoms with Crippen LogP contribution in [0.25, 0.3) is 0 Å². The molecule has 2 bridgehead atoms. The first kappa shape index (κ1) is 8.96. The highest BCUT2D eigenvalue weighted by atomic mass is 14.7. The van der Waals surface area contributed by atoms with Crippen molar-refractivity contribution in [3.8, 4) is 0 Å². The Hall–Kier alpha value is -0.300. The summed E-state index contributed by atoms with van der Waals surface area (Å²) in [5, 5.41) is 0. The van der Waals surface area contributed by atoms with Crippen LogP contribution in [0, 0.1) is 22.7 Å². The smallest absolute Gasteiger partial charge is 0.00381 e. The lowest BCUT2D eigenvalue weighted by atomic mass is 9.47. The Bertz CT molecular complexity index is 296. The van der Waals surface area contributed by atoms with Gasteiger partial charge in [-0.2, -0.15) is 0 Å². The van der Waals surface area contributed by atoms with Crippen LogP contribution >= 0.6 is 0 Å². The van der Waals surface area contributed by atoms with Crippen molar-refractivity contribution in [3.05, 3.63) is 11.6 Å². The maximum Gasteiger partial charge on any atom is 0.00381 e. The average molecular weight is 191 g/mol. The van der Waals surface area contributed by atoms with Gasteiger partial charge in [-0.1, -0.05) is 25.5 Å². The number of fused-ring (bicyclic) bond motifs is 1. The summed E-state index contributed by atoms with van der Waals surface area (Å²) in [7, 11) is 0. The SMILES string of the molecule is CC1(C)C2CC=C(C3(CN)CC3)C1C2. The Labute approximate surface area is 86.8 Å². The molecule has 1 heteroatoms. The summed E-state index contributed by atoms with van der Waals surface area (Å²) in [6, 6.07) is 0. The van der Waals surface area contributed by atoms with Gasteiger partial charge in [0, 0.05) is 12.0 Å². The fourth-order valence-electron chi connectivity index (χ4n) is 3.70. The van der Waals surface area contributed by atoms with E-state index >= 15 is 0 Å². The third kappa shape index (κ3) is 0.894. The summed E-state index contributed by atoms with van der Waals surface area (Å²) < 4.78 is 0. The van der Waals surface area contributed by atoms with Crippen molar-refractivity contribution in [3.63, 3.8) is 0 Å². The van der Waals surface area contributed by atoms with E-state index in [1.807, 2.05) is 0 Å². The molecule has 1 nitrogen and oxygen atoms in total. The molecule has 0 radical (unpaired) electrons. The van der Waals surface area contributed by atoms with E-state index in [0.29, 0.717) is 10.8 Å². The molecule has 2 saturated carbocycles. The molecule has 2 fully saturated rings. The Balaban J connectivity index is 1.92. The zero-order valence-electron chi connectivity index (χ0n) is 9.34. The highest BCUT2D eigenvalue weighted by Crippen LogP contribution is 2.66. The summed E-state index contributed by atoms with van der Waals surface area (Å²) in [6.45, 7) is 5.78. The second kappa shape index (κ2) is 2.44. The number of hydrogen-bond donors (Lipinski definition) is 1. The van der Waals surface area contributed by atoms with Crippen LogP contribution in [0.1, 0.15) is 39.5 Å². The zero-order chi connectivity index (χ0) is 9.97. The molecular formula is C13H21N. The van der Waals surface area contributed by atoms with E-state index < -0.39 is 0 Å². The molecule has 78 valence electrons. The summed E-state index contributed by atoms with van der Waals surface area (Å²) >= 11 is 0. The van der Waals surface area contributed by atoms with Gasteiger partial charge in [-0.05, 0) is 42.9 Å². The first-order valence-electron chi connectivity index (χ1n) is 6.01. The number of rotatable bonds is 2. The summed E-state index contributed by atoms with van der Waals surface area (Å²) in [6.07, 6.45) is 8.00. The summed E-state index contributed by atoms with van der Waals surface area (Å²) in [5.41, 5.74) is 8.71. The fourth-order valence-corrected chi connectivity index (χ4v) is 3.70. The van der Waals surface area contributed by atoms with E-state index in [-0.39, 0.29) is 0 Å². The van der Waals surface area contributed by atoms with Gasteiger partial charge >= 0.3 is 0 Å². The summed E-state index contributed by atoms with van der Waals surface area (Å²) in [4.78, 5) is 0. The van der Waals surface area contributed by atoms with Crippen LogP contribution in [0.5, 0.6) is 0 Å². The van der Waals surface area contributed by atoms with Crippen molar-refractivity contribution in [1.82, 2.24) is 0 Å². The van der Waals surface area contributed by atoms with Crippen LogP contribution in [0.2, 0.25) is 0 Å². The third-order valence-electron chi connectivity index (χ3n) is 5.32. The Morgan fingerprint density at radius 2 is 2.14 bits per heavy atom. The van der Waals surface area contributed by atoms with Crippen LogP contribution < -0.4 is 5.73 Å². The fraction of sp³-hybridized carbons (Fsp3) is 0.846. The van der Waals surface area contributed by atoms with Gasteiger partial charge in [0.25, 0.3) is 0 Å². The molecule has 0 spiro atoms. The molecule has 14 heavy (non-hydrogen) atoms. The monoisotopic (exact) mass is 191 g/mol. The van der Waals surface area contributed by atoms with Gasteiger partial charge in [0.2, 0.25) is 0 Å². The zero-order valence-corrected chi connectivity index (χ0v) is 9.34. The average Bonchev–Trinajstić information content (AvgIpc) is 2.98. The molecular weight excluding hydrogens is 170 g/mol. The Morgan fingerprint density at radius 3 is 2.57 bits per heavy atom. The minimum atomic E-state index is 0.466. The van der Waals surface area contributed by atoms with E-state index in [1.54, 1.807) is 5.57 Å². The molecule has 2 atom stereocenters. The maximum atomic E-state index is 5.93. The molecule has 0 heterocycles. The van der Waals surface area contributed by atoms with Gasteiger partial charge in [0.15, 0.2) is 0 Å². The van der Waals surface area contributed by atoms with Crippen molar-refractivity contribution in [1.29, 1.82) is 0 Å². The Kier molecular flexibility index (Phi) is 1.56. The van der Waals surface area contributed by atoms with Gasteiger partial charge in [0.1, 0.15) is 0 Å². The molecule has 0 aromatic carbocycles. The van der Waals surface area contributed by atoms with Gasteiger partial charge < -0.3 is 5.73 Å². The van der Waals surface area contributed by atoms with Gasteiger partial charge in [0.05, 0.1) is 0 Å². The van der Waals surface area contributed by atoms with Crippen LogP contribution in [0.15, 0.2) is 11.6 Å². The molecule has 0 aliphatic heterocycles. The molecule has 2 N–H and O–H groups in total. The van der Waals surface area contributed by atoms with Crippen molar-refractivity contribution in [2.45, 2.75) is 39.5 Å². The lowest BCUT2D eigenvalue weighted by molar-refractivity contribution is -0.0142. The molecule has 4 aliphatic rings. The van der Waals surface area contributed by atoms with E-state index in [2.05, 4.69) is 19.9 Å². The van der Waals surface area contributed by atoms with Crippen LogP contribution in [0.4, 0.5) is 0 Å². The Morgan fingerprint density at radius 1 is 1.43 bits per heavy atom. The molecule has 4 aliphatic carbocycles. The van der Waals surface area contributed by atoms with Gasteiger partial charge in [-0.25, -0.2) is 0 Å². The lowest BCUT2D eigenvalue weighted by Crippen LogP contribution is -2.50. The van der Waals surface area contributed by atoms with Gasteiger partial charge in [-0.15, -0.1) is 0 Å². The van der Waals surface area contributed by atoms with Crippen molar-refractivity contribution in [2.75, 3.05) is 6.54 Å². The first-order chi connectivity index (χ1) is 6.60. The largest absolute Gasteiger partial charge is 0.330 e. The highest BCUT2D eigenvalue weighted by molar-refractivity contribution is 5.33. The topological polar surface area (TPSA) is 26.0 Å². The van der Waals surface area contributed by atoms with E-state index in [9.17, 15) is 0 Å². The minimum absolute atomic E-state index is 0.466. The second-order valence-corrected chi connectivity index (χ2v) is 6.19. The van der Waals surface area contributed by atoms with E-state index in [4.69, 9.17) is 5.73 Å². The minimum Gasteiger partial charge on any atom is -0.330 e. The van der Waals surface area contributed by atoms with Crippen LogP contribution in [-0.4, -0.2) is 6.54 Å². The molecule has 2 unspecified atom stereocenters.